The standard InChI is InChI=1S/C16H13NO4/c1-3-10-11(16(20)17-2)12-13(18)8-6-4-5-7-9(8)14(19)15(12)21-10/h4-7H,3H2,1-2H3,(H,17,20). The maximum absolute atomic E-state index is 12.6. The molecule has 5 nitrogen and oxygen atoms in total. The van der Waals surface area contributed by atoms with Gasteiger partial charge in [0.15, 0.2) is 11.5 Å². The minimum atomic E-state index is -0.419. The maximum atomic E-state index is 12.6. The molecule has 0 radical (unpaired) electrons. The van der Waals surface area contributed by atoms with Crippen LogP contribution < -0.4 is 5.32 Å². The quantitative estimate of drug-likeness (QED) is 0.780. The highest BCUT2D eigenvalue weighted by molar-refractivity contribution is 6.30. The Morgan fingerprint density at radius 2 is 1.76 bits per heavy atom. The van der Waals surface area contributed by atoms with E-state index in [9.17, 15) is 14.4 Å². The van der Waals surface area contributed by atoms with Gasteiger partial charge in [-0.15, -0.1) is 0 Å². The summed E-state index contributed by atoms with van der Waals surface area (Å²) in [5, 5.41) is 2.49. The third-order valence-corrected chi connectivity index (χ3v) is 3.61. The van der Waals surface area contributed by atoms with Gasteiger partial charge in [0.2, 0.25) is 5.78 Å². The summed E-state index contributed by atoms with van der Waals surface area (Å²) in [6.45, 7) is 1.80. The number of ketones is 2. The molecule has 1 heterocycles. The first-order valence-electron chi connectivity index (χ1n) is 6.66. The van der Waals surface area contributed by atoms with Crippen LogP contribution in [0.25, 0.3) is 0 Å². The molecule has 5 heteroatoms. The number of rotatable bonds is 2. The molecule has 1 aliphatic carbocycles. The van der Waals surface area contributed by atoms with E-state index in [4.69, 9.17) is 4.42 Å². The predicted octanol–water partition coefficient (Wildman–Crippen LogP) is 1.98. The van der Waals surface area contributed by atoms with Crippen LogP contribution in [0.1, 0.15) is 55.1 Å². The molecule has 1 aromatic heterocycles. The molecule has 0 fully saturated rings. The maximum Gasteiger partial charge on any atom is 0.255 e. The van der Waals surface area contributed by atoms with E-state index < -0.39 is 5.91 Å². The molecule has 0 atom stereocenters. The second-order valence-electron chi connectivity index (χ2n) is 4.74. The molecule has 0 aliphatic heterocycles. The van der Waals surface area contributed by atoms with Crippen LogP contribution in [0.3, 0.4) is 0 Å². The molecule has 0 unspecified atom stereocenters. The Labute approximate surface area is 121 Å². The third kappa shape index (κ3) is 1.74. The van der Waals surface area contributed by atoms with Gasteiger partial charge in [0.25, 0.3) is 5.91 Å². The highest BCUT2D eigenvalue weighted by Crippen LogP contribution is 2.33. The van der Waals surface area contributed by atoms with Crippen LogP contribution in [-0.2, 0) is 6.42 Å². The summed E-state index contributed by atoms with van der Waals surface area (Å²) in [6.07, 6.45) is 0.423. The smallest absolute Gasteiger partial charge is 0.255 e. The molecule has 1 amide bonds. The van der Waals surface area contributed by atoms with E-state index in [2.05, 4.69) is 5.32 Å². The van der Waals surface area contributed by atoms with E-state index in [-0.39, 0.29) is 28.5 Å². The third-order valence-electron chi connectivity index (χ3n) is 3.61. The SMILES string of the molecule is CCc1oc2c(c1C(=O)NC)C(=O)c1ccccc1C2=O. The first-order chi connectivity index (χ1) is 10.1. The number of benzene rings is 1. The Kier molecular flexibility index (Phi) is 2.97. The molecular weight excluding hydrogens is 270 g/mol. The van der Waals surface area contributed by atoms with Gasteiger partial charge >= 0.3 is 0 Å². The molecule has 3 rings (SSSR count). The zero-order chi connectivity index (χ0) is 15.1. The van der Waals surface area contributed by atoms with E-state index >= 15 is 0 Å². The number of fused-ring (bicyclic) bond motifs is 2. The van der Waals surface area contributed by atoms with Crippen molar-refractivity contribution in [3.63, 3.8) is 0 Å². The topological polar surface area (TPSA) is 76.4 Å². The molecule has 1 aromatic carbocycles. The number of nitrogens with one attached hydrogen (secondary N) is 1. The fourth-order valence-electron chi connectivity index (χ4n) is 2.60. The molecule has 1 N–H and O–H groups in total. The molecule has 106 valence electrons. The van der Waals surface area contributed by atoms with Gasteiger partial charge in [0, 0.05) is 24.6 Å². The number of furan rings is 1. The number of hydrogen-bond donors (Lipinski definition) is 1. The number of amides is 1. The Morgan fingerprint density at radius 1 is 1.14 bits per heavy atom. The zero-order valence-corrected chi connectivity index (χ0v) is 11.6. The molecule has 1 aliphatic rings. The fourth-order valence-corrected chi connectivity index (χ4v) is 2.60. The average Bonchev–Trinajstić information content (AvgIpc) is 2.91. The average molecular weight is 283 g/mol. The van der Waals surface area contributed by atoms with E-state index in [1.165, 1.54) is 7.05 Å². The minimum Gasteiger partial charge on any atom is -0.456 e. The molecule has 0 saturated carbocycles. The first kappa shape index (κ1) is 13.3. The van der Waals surface area contributed by atoms with Gasteiger partial charge in [-0.3, -0.25) is 14.4 Å². The van der Waals surface area contributed by atoms with Gasteiger partial charge in [0.1, 0.15) is 5.76 Å². The number of carbonyl (C=O) groups excluding carboxylic acids is 3. The summed E-state index contributed by atoms with van der Waals surface area (Å²) in [7, 11) is 1.48. The van der Waals surface area contributed by atoms with Crippen LogP contribution >= 0.6 is 0 Å². The Morgan fingerprint density at radius 3 is 2.33 bits per heavy atom. The number of carbonyl (C=O) groups is 3. The van der Waals surface area contributed by atoms with Crippen LogP contribution in [0.15, 0.2) is 28.7 Å². The number of aryl methyl sites for hydroxylation is 1. The lowest BCUT2D eigenvalue weighted by atomic mass is 9.86. The summed E-state index contributed by atoms with van der Waals surface area (Å²) in [5.74, 6) is -0.798. The summed E-state index contributed by atoms with van der Waals surface area (Å²) in [4.78, 5) is 37.2. The second-order valence-corrected chi connectivity index (χ2v) is 4.74. The van der Waals surface area contributed by atoms with E-state index in [0.717, 1.165) is 0 Å². The van der Waals surface area contributed by atoms with E-state index in [1.807, 2.05) is 0 Å². The van der Waals surface area contributed by atoms with Gasteiger partial charge in [-0.2, -0.15) is 0 Å². The summed E-state index contributed by atoms with van der Waals surface area (Å²) in [5.41, 5.74) is 0.871. The molecule has 0 spiro atoms. The highest BCUT2D eigenvalue weighted by atomic mass is 16.4. The summed E-state index contributed by atoms with van der Waals surface area (Å²) in [6, 6.07) is 6.56. The van der Waals surface area contributed by atoms with Crippen molar-refractivity contribution in [2.45, 2.75) is 13.3 Å². The van der Waals surface area contributed by atoms with Crippen molar-refractivity contribution in [2.24, 2.45) is 0 Å². The van der Waals surface area contributed by atoms with Gasteiger partial charge < -0.3 is 9.73 Å². The zero-order valence-electron chi connectivity index (χ0n) is 11.6. The van der Waals surface area contributed by atoms with Crippen LogP contribution in [0.5, 0.6) is 0 Å². The summed E-state index contributed by atoms with van der Waals surface area (Å²) >= 11 is 0. The Balaban J connectivity index is 2.32. The first-order valence-corrected chi connectivity index (χ1v) is 6.66. The molecule has 0 bridgehead atoms. The molecule has 2 aromatic rings. The van der Waals surface area contributed by atoms with Crippen LogP contribution in [-0.4, -0.2) is 24.5 Å². The summed E-state index contributed by atoms with van der Waals surface area (Å²) < 4.78 is 5.52. The van der Waals surface area contributed by atoms with Crippen LogP contribution in [0.2, 0.25) is 0 Å². The van der Waals surface area contributed by atoms with Gasteiger partial charge in [-0.25, -0.2) is 0 Å². The largest absolute Gasteiger partial charge is 0.456 e. The lowest BCUT2D eigenvalue weighted by Crippen LogP contribution is -2.25. The van der Waals surface area contributed by atoms with Gasteiger partial charge in [-0.1, -0.05) is 31.2 Å². The van der Waals surface area contributed by atoms with Crippen molar-refractivity contribution in [1.82, 2.24) is 5.32 Å². The predicted molar refractivity (Wildman–Crippen MR) is 74.8 cm³/mol. The van der Waals surface area contributed by atoms with E-state index in [1.54, 1.807) is 31.2 Å². The van der Waals surface area contributed by atoms with Crippen molar-refractivity contribution in [2.75, 3.05) is 7.05 Å². The van der Waals surface area contributed by atoms with Crippen LogP contribution in [0, 0.1) is 0 Å². The van der Waals surface area contributed by atoms with Gasteiger partial charge in [0.05, 0.1) is 11.1 Å². The van der Waals surface area contributed by atoms with Crippen molar-refractivity contribution >= 4 is 17.5 Å². The Hall–Kier alpha value is -2.69. The van der Waals surface area contributed by atoms with Gasteiger partial charge in [-0.05, 0) is 0 Å². The van der Waals surface area contributed by atoms with Crippen molar-refractivity contribution in [1.29, 1.82) is 0 Å². The lowest BCUT2D eigenvalue weighted by Gasteiger charge is -2.13. The molecule has 21 heavy (non-hydrogen) atoms. The van der Waals surface area contributed by atoms with Crippen molar-refractivity contribution in [3.05, 3.63) is 58.0 Å². The van der Waals surface area contributed by atoms with E-state index in [0.29, 0.717) is 23.3 Å². The van der Waals surface area contributed by atoms with Crippen LogP contribution in [0.4, 0.5) is 0 Å². The molecule has 0 saturated heterocycles. The van der Waals surface area contributed by atoms with Crippen molar-refractivity contribution < 1.29 is 18.8 Å². The lowest BCUT2D eigenvalue weighted by molar-refractivity contribution is 0.0944. The van der Waals surface area contributed by atoms with Crippen molar-refractivity contribution in [3.8, 4) is 0 Å². The monoisotopic (exact) mass is 283 g/mol. The normalized spacial score (nSPS) is 12.9. The molecular formula is C16H13NO4. The highest BCUT2D eigenvalue weighted by Gasteiger charge is 2.38. The number of hydrogen-bond acceptors (Lipinski definition) is 4. The fraction of sp³-hybridized carbons (Fsp3) is 0.188. The Bertz CT molecular complexity index is 786. The second kappa shape index (κ2) is 4.70. The minimum absolute atomic E-state index is 0.0332.